The molecule has 116 valence electrons. The fourth-order valence-corrected chi connectivity index (χ4v) is 2.74. The Bertz CT molecular complexity index is 574. The normalized spacial score (nSPS) is 17.5. The van der Waals surface area contributed by atoms with Crippen LogP contribution in [0.3, 0.4) is 0 Å². The molecule has 0 bridgehead atoms. The first-order valence-corrected chi connectivity index (χ1v) is 7.79. The minimum absolute atomic E-state index is 0.0739. The lowest BCUT2D eigenvalue weighted by molar-refractivity contribution is -0.141. The van der Waals surface area contributed by atoms with Gasteiger partial charge in [0.15, 0.2) is 0 Å². The molecule has 1 amide bonds. The number of hydrogen-bond donors (Lipinski definition) is 0. The van der Waals surface area contributed by atoms with E-state index in [1.807, 2.05) is 35.2 Å². The Kier molecular flexibility index (Phi) is 4.91. The molecule has 2 aromatic rings. The number of furan rings is 1. The van der Waals surface area contributed by atoms with Gasteiger partial charge in [0.1, 0.15) is 11.9 Å². The van der Waals surface area contributed by atoms with Gasteiger partial charge in [-0.3, -0.25) is 4.79 Å². The molecule has 22 heavy (non-hydrogen) atoms. The van der Waals surface area contributed by atoms with Gasteiger partial charge in [-0.05, 0) is 37.0 Å². The van der Waals surface area contributed by atoms with E-state index in [4.69, 9.17) is 9.15 Å². The van der Waals surface area contributed by atoms with E-state index in [0.29, 0.717) is 19.7 Å². The molecular formula is C18H21NO3. The second-order valence-electron chi connectivity index (χ2n) is 5.58. The summed E-state index contributed by atoms with van der Waals surface area (Å²) < 4.78 is 10.9. The van der Waals surface area contributed by atoms with Crippen LogP contribution in [-0.2, 0) is 22.5 Å². The number of ether oxygens (including phenoxy) is 1. The third kappa shape index (κ3) is 3.77. The molecule has 0 aliphatic carbocycles. The molecule has 2 heterocycles. The predicted molar refractivity (Wildman–Crippen MR) is 83.2 cm³/mol. The largest absolute Gasteiger partial charge is 0.467 e. The Morgan fingerprint density at radius 2 is 2.05 bits per heavy atom. The number of carbonyl (C=O) groups excluding carboxylic acids is 1. The second-order valence-corrected chi connectivity index (χ2v) is 5.58. The van der Waals surface area contributed by atoms with Crippen LogP contribution in [0.2, 0.25) is 0 Å². The quantitative estimate of drug-likeness (QED) is 0.823. The minimum Gasteiger partial charge on any atom is -0.467 e. The van der Waals surface area contributed by atoms with Gasteiger partial charge in [-0.2, -0.15) is 0 Å². The van der Waals surface area contributed by atoms with E-state index in [-0.39, 0.29) is 12.0 Å². The maximum absolute atomic E-state index is 12.7. The van der Waals surface area contributed by atoms with Crippen LogP contribution in [-0.4, -0.2) is 30.1 Å². The van der Waals surface area contributed by atoms with Crippen LogP contribution < -0.4 is 0 Å². The van der Waals surface area contributed by atoms with Crippen molar-refractivity contribution in [3.05, 3.63) is 60.1 Å². The van der Waals surface area contributed by atoms with E-state index in [1.54, 1.807) is 6.26 Å². The van der Waals surface area contributed by atoms with E-state index in [9.17, 15) is 4.79 Å². The molecule has 1 aromatic heterocycles. The van der Waals surface area contributed by atoms with Crippen molar-refractivity contribution in [3.8, 4) is 0 Å². The predicted octanol–water partition coefficient (Wildman–Crippen LogP) is 3.03. The van der Waals surface area contributed by atoms with Gasteiger partial charge in [0.25, 0.3) is 5.91 Å². The molecule has 0 saturated carbocycles. The van der Waals surface area contributed by atoms with Gasteiger partial charge >= 0.3 is 0 Å². The van der Waals surface area contributed by atoms with Gasteiger partial charge in [0.2, 0.25) is 0 Å². The Morgan fingerprint density at radius 3 is 2.73 bits per heavy atom. The molecule has 1 unspecified atom stereocenters. The molecule has 1 saturated heterocycles. The van der Waals surface area contributed by atoms with Gasteiger partial charge in [-0.15, -0.1) is 0 Å². The molecule has 1 atom stereocenters. The summed E-state index contributed by atoms with van der Waals surface area (Å²) in [5.74, 6) is 0.879. The number of benzene rings is 1. The third-order valence-electron chi connectivity index (χ3n) is 3.96. The molecule has 4 nitrogen and oxygen atoms in total. The summed E-state index contributed by atoms with van der Waals surface area (Å²) in [5.41, 5.74) is 1.23. The summed E-state index contributed by atoms with van der Waals surface area (Å²) in [7, 11) is 0. The summed E-state index contributed by atoms with van der Waals surface area (Å²) in [4.78, 5) is 14.5. The summed E-state index contributed by atoms with van der Waals surface area (Å²) >= 11 is 0. The SMILES string of the molecule is O=C(C1CCCO1)N(CCc1ccccc1)Cc1ccco1. The van der Waals surface area contributed by atoms with Crippen LogP contribution >= 0.6 is 0 Å². The zero-order valence-electron chi connectivity index (χ0n) is 12.6. The smallest absolute Gasteiger partial charge is 0.252 e. The summed E-state index contributed by atoms with van der Waals surface area (Å²) in [6.07, 6.45) is 3.97. The molecule has 1 aliphatic heterocycles. The maximum Gasteiger partial charge on any atom is 0.252 e. The maximum atomic E-state index is 12.7. The Labute approximate surface area is 130 Å². The van der Waals surface area contributed by atoms with Crippen LogP contribution in [0, 0.1) is 0 Å². The van der Waals surface area contributed by atoms with Crippen LogP contribution in [0.5, 0.6) is 0 Å². The molecule has 4 heteroatoms. The lowest BCUT2D eigenvalue weighted by Crippen LogP contribution is -2.39. The Morgan fingerprint density at radius 1 is 1.18 bits per heavy atom. The molecule has 0 N–H and O–H groups in total. The van der Waals surface area contributed by atoms with Crippen molar-refractivity contribution in [1.82, 2.24) is 4.90 Å². The fourth-order valence-electron chi connectivity index (χ4n) is 2.74. The zero-order chi connectivity index (χ0) is 15.2. The van der Waals surface area contributed by atoms with Crippen LogP contribution in [0.25, 0.3) is 0 Å². The number of rotatable bonds is 6. The summed E-state index contributed by atoms with van der Waals surface area (Å²) in [6.45, 7) is 1.85. The number of amides is 1. The van der Waals surface area contributed by atoms with Crippen molar-refractivity contribution in [2.45, 2.75) is 31.9 Å². The highest BCUT2D eigenvalue weighted by Crippen LogP contribution is 2.17. The second kappa shape index (κ2) is 7.27. The molecule has 1 aromatic carbocycles. The molecule has 0 spiro atoms. The molecule has 0 radical (unpaired) electrons. The van der Waals surface area contributed by atoms with E-state index >= 15 is 0 Å². The van der Waals surface area contributed by atoms with E-state index in [2.05, 4.69) is 12.1 Å². The van der Waals surface area contributed by atoms with Crippen LogP contribution in [0.15, 0.2) is 53.1 Å². The number of carbonyl (C=O) groups is 1. The lowest BCUT2D eigenvalue weighted by atomic mass is 10.1. The number of nitrogens with zero attached hydrogens (tertiary/aromatic N) is 1. The Balaban J connectivity index is 1.66. The highest BCUT2D eigenvalue weighted by molar-refractivity contribution is 5.81. The highest BCUT2D eigenvalue weighted by Gasteiger charge is 2.28. The zero-order valence-corrected chi connectivity index (χ0v) is 12.6. The third-order valence-corrected chi connectivity index (χ3v) is 3.96. The van der Waals surface area contributed by atoms with Crippen molar-refractivity contribution in [3.63, 3.8) is 0 Å². The van der Waals surface area contributed by atoms with Crippen molar-refractivity contribution in [1.29, 1.82) is 0 Å². The van der Waals surface area contributed by atoms with Gasteiger partial charge in [-0.25, -0.2) is 0 Å². The first kappa shape index (κ1) is 14.9. The van der Waals surface area contributed by atoms with Gasteiger partial charge in [0.05, 0.1) is 12.8 Å². The molecule has 3 rings (SSSR count). The van der Waals surface area contributed by atoms with Gasteiger partial charge < -0.3 is 14.1 Å². The highest BCUT2D eigenvalue weighted by atomic mass is 16.5. The van der Waals surface area contributed by atoms with Crippen molar-refractivity contribution in [2.24, 2.45) is 0 Å². The molecule has 1 aliphatic rings. The van der Waals surface area contributed by atoms with Gasteiger partial charge in [0, 0.05) is 13.2 Å². The fraction of sp³-hybridized carbons (Fsp3) is 0.389. The van der Waals surface area contributed by atoms with Crippen LogP contribution in [0.4, 0.5) is 0 Å². The average molecular weight is 299 g/mol. The van der Waals surface area contributed by atoms with Crippen LogP contribution in [0.1, 0.15) is 24.2 Å². The number of hydrogen-bond acceptors (Lipinski definition) is 3. The molecule has 1 fully saturated rings. The summed E-state index contributed by atoms with van der Waals surface area (Å²) in [5, 5.41) is 0. The molecular weight excluding hydrogens is 278 g/mol. The van der Waals surface area contributed by atoms with E-state index in [0.717, 1.165) is 25.0 Å². The first-order valence-electron chi connectivity index (χ1n) is 7.79. The monoisotopic (exact) mass is 299 g/mol. The van der Waals surface area contributed by atoms with Gasteiger partial charge in [-0.1, -0.05) is 30.3 Å². The minimum atomic E-state index is -0.286. The first-order chi connectivity index (χ1) is 10.8. The van der Waals surface area contributed by atoms with Crippen molar-refractivity contribution < 1.29 is 13.9 Å². The van der Waals surface area contributed by atoms with Crippen molar-refractivity contribution in [2.75, 3.05) is 13.2 Å². The average Bonchev–Trinajstić information content (AvgIpc) is 3.25. The van der Waals surface area contributed by atoms with E-state index in [1.165, 1.54) is 5.56 Å². The standard InChI is InChI=1S/C18H21NO3/c20-18(17-9-5-13-22-17)19(14-16-8-4-12-21-16)11-10-15-6-2-1-3-7-15/h1-4,6-8,12,17H,5,9-11,13-14H2. The lowest BCUT2D eigenvalue weighted by Gasteiger charge is -2.24. The van der Waals surface area contributed by atoms with E-state index < -0.39 is 0 Å². The van der Waals surface area contributed by atoms with Crippen molar-refractivity contribution >= 4 is 5.91 Å². The Hall–Kier alpha value is -2.07. The summed E-state index contributed by atoms with van der Waals surface area (Å²) in [6, 6.07) is 14.0. The topological polar surface area (TPSA) is 42.7 Å².